The number of amides is 1. The van der Waals surface area contributed by atoms with Crippen LogP contribution < -0.4 is 20.3 Å². The summed E-state index contributed by atoms with van der Waals surface area (Å²) in [4.78, 5) is 22.1. The fraction of sp³-hybridized carbons (Fsp3) is 0.240. The van der Waals surface area contributed by atoms with E-state index in [9.17, 15) is 9.18 Å². The molecule has 0 fully saturated rings. The summed E-state index contributed by atoms with van der Waals surface area (Å²) in [5, 5.41) is 6.01. The zero-order valence-electron chi connectivity index (χ0n) is 19.4. The van der Waals surface area contributed by atoms with Gasteiger partial charge >= 0.3 is 0 Å². The van der Waals surface area contributed by atoms with Gasteiger partial charge in [-0.05, 0) is 62.4 Å². The van der Waals surface area contributed by atoms with Gasteiger partial charge in [0, 0.05) is 30.2 Å². The van der Waals surface area contributed by atoms with Gasteiger partial charge in [-0.25, -0.2) is 9.37 Å². The molecule has 0 aliphatic rings. The normalized spacial score (nSPS) is 10.6. The van der Waals surface area contributed by atoms with Gasteiger partial charge in [0.05, 0.1) is 12.8 Å². The second-order valence-electron chi connectivity index (χ2n) is 7.56. The predicted molar refractivity (Wildman–Crippen MR) is 132 cm³/mol. The van der Waals surface area contributed by atoms with Crippen LogP contribution in [0.2, 0.25) is 0 Å². The number of anilines is 5. The van der Waals surface area contributed by atoms with Crippen LogP contribution in [-0.2, 0) is 9.53 Å². The molecule has 3 rings (SSSR count). The maximum atomic E-state index is 14.4. The maximum Gasteiger partial charge on any atom is 0.250 e. The average Bonchev–Trinajstić information content (AvgIpc) is 2.82. The molecule has 2 aromatic carbocycles. The quantitative estimate of drug-likeness (QED) is 0.302. The van der Waals surface area contributed by atoms with E-state index in [0.717, 1.165) is 6.20 Å². The molecule has 1 aromatic heterocycles. The van der Waals surface area contributed by atoms with E-state index in [4.69, 9.17) is 9.47 Å². The van der Waals surface area contributed by atoms with Crippen LogP contribution in [0.5, 0.6) is 5.75 Å². The van der Waals surface area contributed by atoms with Crippen molar-refractivity contribution in [2.45, 2.75) is 19.9 Å². The molecule has 1 heterocycles. The Labute approximate surface area is 198 Å². The molecule has 0 saturated heterocycles. The number of carbonyl (C=O) groups is 1. The summed E-state index contributed by atoms with van der Waals surface area (Å²) in [5.74, 6) is 0.0944. The van der Waals surface area contributed by atoms with Crippen LogP contribution in [0.4, 0.5) is 33.2 Å². The minimum Gasteiger partial charge on any atom is -0.491 e. The Morgan fingerprint density at radius 2 is 1.91 bits per heavy atom. The summed E-state index contributed by atoms with van der Waals surface area (Å²) >= 11 is 0. The molecule has 0 aliphatic heterocycles. The molecule has 0 saturated carbocycles. The van der Waals surface area contributed by atoms with Crippen molar-refractivity contribution in [2.24, 2.45) is 0 Å². The van der Waals surface area contributed by atoms with Crippen LogP contribution in [-0.4, -0.2) is 42.2 Å². The lowest BCUT2D eigenvalue weighted by atomic mass is 10.2. The lowest BCUT2D eigenvalue weighted by Gasteiger charge is -2.26. The van der Waals surface area contributed by atoms with Crippen LogP contribution in [0.1, 0.15) is 13.8 Å². The number of halogens is 1. The number of rotatable bonds is 11. The molecule has 8 nitrogen and oxygen atoms in total. The van der Waals surface area contributed by atoms with Gasteiger partial charge in [0.2, 0.25) is 5.95 Å². The lowest BCUT2D eigenvalue weighted by Crippen LogP contribution is -2.35. The topological polar surface area (TPSA) is 88.6 Å². The van der Waals surface area contributed by atoms with Crippen LogP contribution in [0, 0.1) is 5.82 Å². The molecular formula is C25H28FN5O3. The number of hydrogen-bond donors (Lipinski definition) is 2. The van der Waals surface area contributed by atoms with E-state index in [1.165, 1.54) is 6.08 Å². The Kier molecular flexibility index (Phi) is 8.53. The van der Waals surface area contributed by atoms with Crippen molar-refractivity contribution in [1.82, 2.24) is 9.97 Å². The molecule has 0 radical (unpaired) electrons. The second-order valence-corrected chi connectivity index (χ2v) is 7.56. The number of carbonyl (C=O) groups excluding carboxylic acids is 1. The Hall–Kier alpha value is -3.98. The third kappa shape index (κ3) is 6.52. The second kappa shape index (κ2) is 11.8. The van der Waals surface area contributed by atoms with Crippen molar-refractivity contribution in [3.63, 3.8) is 0 Å². The number of hydrogen-bond acceptors (Lipinski definition) is 7. The Bertz CT molecular complexity index is 1120. The van der Waals surface area contributed by atoms with Crippen molar-refractivity contribution in [1.29, 1.82) is 0 Å². The van der Waals surface area contributed by atoms with Crippen LogP contribution >= 0.6 is 0 Å². The molecule has 0 unspecified atom stereocenters. The maximum absolute atomic E-state index is 14.4. The number of methoxy groups -OCH3 is 1. The average molecular weight is 466 g/mol. The van der Waals surface area contributed by atoms with Gasteiger partial charge < -0.3 is 25.0 Å². The molecule has 34 heavy (non-hydrogen) atoms. The molecule has 0 bridgehead atoms. The van der Waals surface area contributed by atoms with Gasteiger partial charge in [-0.3, -0.25) is 4.79 Å². The molecule has 9 heteroatoms. The first-order chi connectivity index (χ1) is 16.4. The summed E-state index contributed by atoms with van der Waals surface area (Å²) in [6.45, 7) is 8.33. The first-order valence-corrected chi connectivity index (χ1v) is 10.8. The van der Waals surface area contributed by atoms with Crippen LogP contribution in [0.3, 0.4) is 0 Å². The fourth-order valence-corrected chi connectivity index (χ4v) is 3.17. The fourth-order valence-electron chi connectivity index (χ4n) is 3.17. The summed E-state index contributed by atoms with van der Waals surface area (Å²) < 4.78 is 24.9. The van der Waals surface area contributed by atoms with Crippen molar-refractivity contribution < 1.29 is 18.7 Å². The third-order valence-electron chi connectivity index (χ3n) is 4.73. The number of benzene rings is 2. The Morgan fingerprint density at radius 3 is 2.59 bits per heavy atom. The lowest BCUT2D eigenvalue weighted by molar-refractivity contribution is -0.114. The highest BCUT2D eigenvalue weighted by atomic mass is 19.1. The summed E-state index contributed by atoms with van der Waals surface area (Å²) in [6, 6.07) is 14.2. The van der Waals surface area contributed by atoms with Gasteiger partial charge in [0.25, 0.3) is 5.91 Å². The van der Waals surface area contributed by atoms with E-state index in [1.807, 2.05) is 26.0 Å². The van der Waals surface area contributed by atoms with Crippen LogP contribution in [0.15, 0.2) is 67.4 Å². The Morgan fingerprint density at radius 1 is 1.15 bits per heavy atom. The predicted octanol–water partition coefficient (Wildman–Crippen LogP) is 5.06. The highest BCUT2D eigenvalue weighted by Crippen LogP contribution is 2.26. The van der Waals surface area contributed by atoms with Gasteiger partial charge in [-0.15, -0.1) is 0 Å². The minimum absolute atomic E-state index is 0.000290. The third-order valence-corrected chi connectivity index (χ3v) is 4.73. The van der Waals surface area contributed by atoms with E-state index >= 15 is 0 Å². The number of nitrogens with one attached hydrogen (secondary N) is 2. The van der Waals surface area contributed by atoms with Gasteiger partial charge in [0.1, 0.15) is 12.4 Å². The summed E-state index contributed by atoms with van der Waals surface area (Å²) in [5.41, 5.74) is 1.95. The van der Waals surface area contributed by atoms with E-state index in [2.05, 4.69) is 27.2 Å². The van der Waals surface area contributed by atoms with E-state index in [0.29, 0.717) is 36.0 Å². The highest BCUT2D eigenvalue weighted by Gasteiger charge is 2.17. The SMILES string of the molecule is C=CC(=O)N(c1cccc(Nc2nc(Nc3ccc(OCCOC)cc3)ncc2F)c1)C(C)C. The summed E-state index contributed by atoms with van der Waals surface area (Å²) in [6.07, 6.45) is 2.35. The van der Waals surface area contributed by atoms with Crippen molar-refractivity contribution in [3.05, 3.63) is 73.2 Å². The number of aromatic nitrogens is 2. The molecule has 0 aliphatic carbocycles. The largest absolute Gasteiger partial charge is 0.491 e. The zero-order chi connectivity index (χ0) is 24.5. The standard InChI is InChI=1S/C25H28FN5O3/c1-5-23(32)31(17(2)3)20-8-6-7-19(15-20)28-24-22(26)16-27-25(30-24)29-18-9-11-21(12-10-18)34-14-13-33-4/h5-12,15-17H,1,13-14H2,2-4H3,(H2,27,28,29,30). The minimum atomic E-state index is -0.610. The van der Waals surface area contributed by atoms with E-state index in [1.54, 1.807) is 48.4 Å². The van der Waals surface area contributed by atoms with Crippen LogP contribution in [0.25, 0.3) is 0 Å². The van der Waals surface area contributed by atoms with E-state index < -0.39 is 5.82 Å². The first kappa shape index (κ1) is 24.7. The molecule has 178 valence electrons. The van der Waals surface area contributed by atoms with Crippen molar-refractivity contribution in [3.8, 4) is 5.75 Å². The smallest absolute Gasteiger partial charge is 0.250 e. The van der Waals surface area contributed by atoms with Gasteiger partial charge in [-0.1, -0.05) is 12.6 Å². The van der Waals surface area contributed by atoms with Crippen molar-refractivity contribution >= 4 is 34.7 Å². The molecule has 2 N–H and O–H groups in total. The van der Waals surface area contributed by atoms with Crippen molar-refractivity contribution in [2.75, 3.05) is 35.9 Å². The Balaban J connectivity index is 1.74. The molecule has 0 atom stereocenters. The molecular weight excluding hydrogens is 437 g/mol. The molecule has 3 aromatic rings. The van der Waals surface area contributed by atoms with E-state index in [-0.39, 0.29) is 23.7 Å². The first-order valence-electron chi connectivity index (χ1n) is 10.8. The number of nitrogens with zero attached hydrogens (tertiary/aromatic N) is 3. The highest BCUT2D eigenvalue weighted by molar-refractivity contribution is 6.01. The zero-order valence-corrected chi connectivity index (χ0v) is 19.4. The van der Waals surface area contributed by atoms with Gasteiger partial charge in [0.15, 0.2) is 11.6 Å². The number of ether oxygens (including phenoxy) is 2. The summed E-state index contributed by atoms with van der Waals surface area (Å²) in [7, 11) is 1.61. The van der Waals surface area contributed by atoms with Gasteiger partial charge in [-0.2, -0.15) is 4.98 Å². The molecule has 1 amide bonds. The monoisotopic (exact) mass is 465 g/mol. The molecule has 0 spiro atoms.